The number of morpholine rings is 1. The van der Waals surface area contributed by atoms with Crippen LogP contribution in [0.25, 0.3) is 16.9 Å². The highest BCUT2D eigenvalue weighted by Crippen LogP contribution is 2.27. The van der Waals surface area contributed by atoms with Gasteiger partial charge >= 0.3 is 6.09 Å². The van der Waals surface area contributed by atoms with E-state index in [1.54, 1.807) is 23.5 Å². The van der Waals surface area contributed by atoms with Crippen molar-refractivity contribution in [2.24, 2.45) is 0 Å². The summed E-state index contributed by atoms with van der Waals surface area (Å²) < 4.78 is 12.8. The van der Waals surface area contributed by atoms with E-state index in [1.807, 2.05) is 37.3 Å². The van der Waals surface area contributed by atoms with Crippen LogP contribution in [0, 0.1) is 0 Å². The number of hydrogen-bond donors (Lipinski definition) is 0. The van der Waals surface area contributed by atoms with E-state index in [-0.39, 0.29) is 6.09 Å². The van der Waals surface area contributed by atoms with Crippen LogP contribution in [-0.2, 0) is 9.47 Å². The van der Waals surface area contributed by atoms with Crippen molar-refractivity contribution in [2.45, 2.75) is 26.4 Å². The van der Waals surface area contributed by atoms with Gasteiger partial charge in [-0.3, -0.25) is 9.20 Å². The first-order valence-corrected chi connectivity index (χ1v) is 12.2. The number of rotatable bonds is 4. The van der Waals surface area contributed by atoms with Gasteiger partial charge in [0, 0.05) is 57.2 Å². The third kappa shape index (κ3) is 4.97. The lowest BCUT2D eigenvalue weighted by atomic mass is 10.2. The summed E-state index contributed by atoms with van der Waals surface area (Å²) >= 11 is 0. The number of hydrogen-bond acceptors (Lipinski definition) is 9. The average molecular weight is 494 g/mol. The summed E-state index contributed by atoms with van der Waals surface area (Å²) in [6, 6.07) is 3.96. The molecule has 2 aliphatic heterocycles. The number of pyridine rings is 1. The molecular formula is C25H31N7O4. The van der Waals surface area contributed by atoms with E-state index in [4.69, 9.17) is 14.5 Å². The standard InChI is InChI=1S/C25H31N7O4/c1-25(2,3)36-24(34)31-8-6-29(7-9-31)21-5-4-18(14-26-21)20-15-27-22(30-10-12-35-13-11-30)23-28-19(17-33)16-32(20)23/h4-5,14-17H,6-13H2,1-3H3. The fourth-order valence-electron chi connectivity index (χ4n) is 4.42. The SMILES string of the molecule is CC(C)(C)OC(=O)N1CCN(c2ccc(-c3cnc(N4CCOCC4)c4nc(C=O)cn34)cn2)CC1. The molecule has 2 saturated heterocycles. The van der Waals surface area contributed by atoms with Crippen molar-refractivity contribution in [2.75, 3.05) is 62.3 Å². The van der Waals surface area contributed by atoms with Crippen molar-refractivity contribution in [3.8, 4) is 11.3 Å². The maximum Gasteiger partial charge on any atom is 0.410 e. The fraction of sp³-hybridized carbons (Fsp3) is 0.480. The summed E-state index contributed by atoms with van der Waals surface area (Å²) in [4.78, 5) is 43.7. The van der Waals surface area contributed by atoms with Gasteiger partial charge in [0.2, 0.25) is 0 Å². The number of carbonyl (C=O) groups is 2. The second kappa shape index (κ2) is 9.73. The summed E-state index contributed by atoms with van der Waals surface area (Å²) in [6.07, 6.45) is 5.80. The number of ether oxygens (including phenoxy) is 2. The molecule has 11 heteroatoms. The zero-order valence-corrected chi connectivity index (χ0v) is 20.9. The molecule has 1 amide bonds. The molecule has 0 saturated carbocycles. The Labute approximate surface area is 209 Å². The summed E-state index contributed by atoms with van der Waals surface area (Å²) in [7, 11) is 0. The molecule has 5 heterocycles. The highest BCUT2D eigenvalue weighted by Gasteiger charge is 2.26. The highest BCUT2D eigenvalue weighted by atomic mass is 16.6. The molecule has 0 aliphatic carbocycles. The lowest BCUT2D eigenvalue weighted by molar-refractivity contribution is 0.0240. The van der Waals surface area contributed by atoms with Gasteiger partial charge in [0.1, 0.15) is 17.1 Å². The molecule has 0 bridgehead atoms. The molecule has 0 unspecified atom stereocenters. The first-order chi connectivity index (χ1) is 17.3. The Bertz CT molecular complexity index is 1240. The van der Waals surface area contributed by atoms with Gasteiger partial charge in [0.15, 0.2) is 17.8 Å². The van der Waals surface area contributed by atoms with Gasteiger partial charge in [0.05, 0.1) is 25.1 Å². The van der Waals surface area contributed by atoms with Gasteiger partial charge in [-0.2, -0.15) is 0 Å². The first-order valence-electron chi connectivity index (χ1n) is 12.2. The number of anilines is 2. The van der Waals surface area contributed by atoms with Crippen LogP contribution in [0.4, 0.5) is 16.4 Å². The number of aromatic nitrogens is 4. The van der Waals surface area contributed by atoms with Gasteiger partial charge in [-0.1, -0.05) is 0 Å². The van der Waals surface area contributed by atoms with E-state index in [9.17, 15) is 9.59 Å². The van der Waals surface area contributed by atoms with Crippen molar-refractivity contribution in [3.05, 3.63) is 36.4 Å². The van der Waals surface area contributed by atoms with Gasteiger partial charge in [-0.05, 0) is 32.9 Å². The quantitative estimate of drug-likeness (QED) is 0.507. The minimum Gasteiger partial charge on any atom is -0.444 e. The van der Waals surface area contributed by atoms with Gasteiger partial charge in [0.25, 0.3) is 0 Å². The van der Waals surface area contributed by atoms with Crippen LogP contribution in [0.5, 0.6) is 0 Å². The van der Waals surface area contributed by atoms with Crippen LogP contribution in [0.15, 0.2) is 30.7 Å². The Morgan fingerprint density at radius 3 is 2.39 bits per heavy atom. The number of imidazole rings is 1. The normalized spacial score (nSPS) is 16.9. The molecule has 2 fully saturated rings. The van der Waals surface area contributed by atoms with E-state index in [0.717, 1.165) is 42.3 Å². The number of piperazine rings is 1. The molecule has 0 spiro atoms. The largest absolute Gasteiger partial charge is 0.444 e. The first kappa shape index (κ1) is 24.0. The number of nitrogens with zero attached hydrogens (tertiary/aromatic N) is 7. The average Bonchev–Trinajstić information content (AvgIpc) is 3.33. The van der Waals surface area contributed by atoms with Crippen LogP contribution in [0.1, 0.15) is 31.3 Å². The Balaban J connectivity index is 1.34. The summed E-state index contributed by atoms with van der Waals surface area (Å²) in [5.74, 6) is 1.58. The zero-order valence-electron chi connectivity index (χ0n) is 20.9. The molecular weight excluding hydrogens is 462 g/mol. The molecule has 0 atom stereocenters. The van der Waals surface area contributed by atoms with Crippen molar-refractivity contribution < 1.29 is 19.1 Å². The lowest BCUT2D eigenvalue weighted by Crippen LogP contribution is -2.50. The fourth-order valence-corrected chi connectivity index (χ4v) is 4.42. The predicted molar refractivity (Wildman–Crippen MR) is 135 cm³/mol. The highest BCUT2D eigenvalue weighted by molar-refractivity contribution is 5.78. The van der Waals surface area contributed by atoms with Crippen LogP contribution in [0.3, 0.4) is 0 Å². The monoisotopic (exact) mass is 493 g/mol. The lowest BCUT2D eigenvalue weighted by Gasteiger charge is -2.36. The molecule has 0 aromatic carbocycles. The zero-order chi connectivity index (χ0) is 25.3. The Hall–Kier alpha value is -3.73. The van der Waals surface area contributed by atoms with E-state index in [1.165, 1.54) is 0 Å². The van der Waals surface area contributed by atoms with Crippen LogP contribution >= 0.6 is 0 Å². The van der Waals surface area contributed by atoms with Crippen LogP contribution in [0.2, 0.25) is 0 Å². The van der Waals surface area contributed by atoms with E-state index in [0.29, 0.717) is 50.7 Å². The Morgan fingerprint density at radius 2 is 1.75 bits per heavy atom. The number of amides is 1. The van der Waals surface area contributed by atoms with E-state index in [2.05, 4.69) is 19.8 Å². The molecule has 0 radical (unpaired) electrons. The topological polar surface area (TPSA) is 105 Å². The predicted octanol–water partition coefficient (Wildman–Crippen LogP) is 2.50. The van der Waals surface area contributed by atoms with Crippen molar-refractivity contribution in [1.82, 2.24) is 24.3 Å². The van der Waals surface area contributed by atoms with Gasteiger partial charge < -0.3 is 24.2 Å². The van der Waals surface area contributed by atoms with Gasteiger partial charge in [-0.15, -0.1) is 0 Å². The third-order valence-electron chi connectivity index (χ3n) is 6.22. The van der Waals surface area contributed by atoms with Gasteiger partial charge in [-0.25, -0.2) is 19.7 Å². The van der Waals surface area contributed by atoms with E-state index >= 15 is 0 Å². The maximum atomic E-state index is 12.3. The molecule has 2 aliphatic rings. The van der Waals surface area contributed by atoms with Crippen LogP contribution in [-0.4, -0.2) is 94.7 Å². The second-order valence-corrected chi connectivity index (χ2v) is 9.90. The summed E-state index contributed by atoms with van der Waals surface area (Å²) in [6.45, 7) is 10.8. The third-order valence-corrected chi connectivity index (χ3v) is 6.22. The summed E-state index contributed by atoms with van der Waals surface area (Å²) in [5, 5.41) is 0. The Kier molecular flexibility index (Phi) is 6.48. The molecule has 0 N–H and O–H groups in total. The van der Waals surface area contributed by atoms with Crippen LogP contribution < -0.4 is 9.80 Å². The Morgan fingerprint density at radius 1 is 1.00 bits per heavy atom. The molecule has 190 valence electrons. The van der Waals surface area contributed by atoms with Crippen molar-refractivity contribution in [1.29, 1.82) is 0 Å². The maximum absolute atomic E-state index is 12.3. The molecule has 3 aromatic heterocycles. The molecule has 36 heavy (non-hydrogen) atoms. The van der Waals surface area contributed by atoms with Crippen molar-refractivity contribution >= 4 is 29.7 Å². The smallest absolute Gasteiger partial charge is 0.410 e. The second-order valence-electron chi connectivity index (χ2n) is 9.90. The molecule has 3 aromatic rings. The summed E-state index contributed by atoms with van der Waals surface area (Å²) in [5.41, 5.74) is 2.15. The number of fused-ring (bicyclic) bond motifs is 1. The minimum atomic E-state index is -0.506. The number of carbonyl (C=O) groups excluding carboxylic acids is 2. The molecule has 5 rings (SSSR count). The minimum absolute atomic E-state index is 0.280. The molecule has 11 nitrogen and oxygen atoms in total. The van der Waals surface area contributed by atoms with E-state index < -0.39 is 5.60 Å². The van der Waals surface area contributed by atoms with Crippen molar-refractivity contribution in [3.63, 3.8) is 0 Å². The number of aldehydes is 1.